The van der Waals surface area contributed by atoms with E-state index in [-0.39, 0.29) is 11.9 Å². The van der Waals surface area contributed by atoms with Crippen LogP contribution < -0.4 is 0 Å². The van der Waals surface area contributed by atoms with Crippen molar-refractivity contribution >= 4 is 18.1 Å². The largest absolute Gasteiger partial charge is 0.443 e. The summed E-state index contributed by atoms with van der Waals surface area (Å²) >= 11 is 0. The smallest absolute Gasteiger partial charge is 0.417 e. The summed E-state index contributed by atoms with van der Waals surface area (Å²) in [6.07, 6.45) is 3.61. The molecule has 1 saturated heterocycles. The zero-order chi connectivity index (χ0) is 15.6. The van der Waals surface area contributed by atoms with Gasteiger partial charge in [-0.05, 0) is 38.8 Å². The van der Waals surface area contributed by atoms with Gasteiger partial charge < -0.3 is 4.74 Å². The summed E-state index contributed by atoms with van der Waals surface area (Å²) in [7, 11) is 0. The molecule has 0 N–H and O–H groups in total. The SMILES string of the molecule is Cc1ccccc1/C=C/C1CC(=O)N1C(=O)OC(C)(C)C. The highest BCUT2D eigenvalue weighted by molar-refractivity contribution is 5.98. The highest BCUT2D eigenvalue weighted by atomic mass is 16.6. The van der Waals surface area contributed by atoms with Crippen LogP contribution in [0.2, 0.25) is 0 Å². The molecular formula is C17H21NO3. The normalized spacial score (nSPS) is 18.8. The molecule has 1 heterocycles. The number of aryl methyl sites for hydroxylation is 1. The number of likely N-dealkylation sites (tertiary alicyclic amines) is 1. The van der Waals surface area contributed by atoms with E-state index < -0.39 is 11.7 Å². The van der Waals surface area contributed by atoms with Crippen molar-refractivity contribution in [2.75, 3.05) is 0 Å². The molecule has 1 aromatic carbocycles. The standard InChI is InChI=1S/C17H21NO3/c1-12-7-5-6-8-13(12)9-10-14-11-15(19)18(14)16(20)21-17(2,3)4/h5-10,14H,11H2,1-4H3/b10-9+. The van der Waals surface area contributed by atoms with Crippen molar-refractivity contribution in [3.05, 3.63) is 41.5 Å². The number of benzene rings is 1. The number of nitrogens with zero attached hydrogens (tertiary/aromatic N) is 1. The number of amides is 2. The van der Waals surface area contributed by atoms with E-state index in [0.717, 1.165) is 11.1 Å². The van der Waals surface area contributed by atoms with Crippen molar-refractivity contribution in [2.45, 2.75) is 45.8 Å². The minimum Gasteiger partial charge on any atom is -0.443 e. The fraction of sp³-hybridized carbons (Fsp3) is 0.412. The number of rotatable bonds is 2. The first-order chi connectivity index (χ1) is 9.78. The molecule has 0 aliphatic carbocycles. The molecule has 0 radical (unpaired) electrons. The van der Waals surface area contributed by atoms with E-state index in [1.54, 1.807) is 20.8 Å². The number of carbonyl (C=O) groups is 2. The Morgan fingerprint density at radius 1 is 1.33 bits per heavy atom. The van der Waals surface area contributed by atoms with Gasteiger partial charge in [0, 0.05) is 0 Å². The van der Waals surface area contributed by atoms with E-state index in [4.69, 9.17) is 4.74 Å². The molecule has 21 heavy (non-hydrogen) atoms. The Morgan fingerprint density at radius 3 is 2.57 bits per heavy atom. The maximum Gasteiger partial charge on any atom is 0.417 e. The Morgan fingerprint density at radius 2 is 2.00 bits per heavy atom. The summed E-state index contributed by atoms with van der Waals surface area (Å²) in [5.74, 6) is -0.191. The molecule has 0 bridgehead atoms. The number of hydrogen-bond donors (Lipinski definition) is 0. The summed E-state index contributed by atoms with van der Waals surface area (Å²) in [5.41, 5.74) is 1.64. The molecular weight excluding hydrogens is 266 g/mol. The first-order valence-electron chi connectivity index (χ1n) is 7.07. The zero-order valence-corrected chi connectivity index (χ0v) is 12.9. The van der Waals surface area contributed by atoms with Gasteiger partial charge in [-0.2, -0.15) is 0 Å². The minimum absolute atomic E-state index is 0.191. The van der Waals surface area contributed by atoms with Gasteiger partial charge in [0.15, 0.2) is 0 Å². The fourth-order valence-electron chi connectivity index (χ4n) is 2.13. The molecule has 1 aliphatic heterocycles. The third-order valence-corrected chi connectivity index (χ3v) is 3.26. The molecule has 2 rings (SSSR count). The molecule has 1 aliphatic rings. The Labute approximate surface area is 125 Å². The average molecular weight is 287 g/mol. The molecule has 2 amide bonds. The van der Waals surface area contributed by atoms with Gasteiger partial charge in [0.2, 0.25) is 5.91 Å². The van der Waals surface area contributed by atoms with Crippen molar-refractivity contribution in [1.29, 1.82) is 0 Å². The van der Waals surface area contributed by atoms with E-state index in [9.17, 15) is 9.59 Å². The molecule has 0 aromatic heterocycles. The van der Waals surface area contributed by atoms with Crippen LogP contribution in [-0.2, 0) is 9.53 Å². The molecule has 4 heteroatoms. The van der Waals surface area contributed by atoms with Gasteiger partial charge >= 0.3 is 6.09 Å². The van der Waals surface area contributed by atoms with E-state index in [2.05, 4.69) is 0 Å². The topological polar surface area (TPSA) is 46.6 Å². The molecule has 4 nitrogen and oxygen atoms in total. The molecule has 1 unspecified atom stereocenters. The van der Waals surface area contributed by atoms with Crippen molar-refractivity contribution in [1.82, 2.24) is 4.90 Å². The number of β-lactam (4-membered cyclic amide) rings is 1. The maximum atomic E-state index is 12.0. The fourth-order valence-corrected chi connectivity index (χ4v) is 2.13. The van der Waals surface area contributed by atoms with Crippen LogP contribution in [0, 0.1) is 6.92 Å². The van der Waals surface area contributed by atoms with Crippen molar-refractivity contribution < 1.29 is 14.3 Å². The lowest BCUT2D eigenvalue weighted by Gasteiger charge is -2.37. The van der Waals surface area contributed by atoms with Crippen molar-refractivity contribution in [2.24, 2.45) is 0 Å². The predicted octanol–water partition coefficient (Wildman–Crippen LogP) is 3.54. The lowest BCUT2D eigenvalue weighted by Crippen LogP contribution is -2.55. The number of carbonyl (C=O) groups excluding carboxylic acids is 2. The van der Waals surface area contributed by atoms with Gasteiger partial charge in [-0.25, -0.2) is 9.69 Å². The highest BCUT2D eigenvalue weighted by Gasteiger charge is 2.41. The van der Waals surface area contributed by atoms with Crippen LogP contribution in [0.1, 0.15) is 38.3 Å². The average Bonchev–Trinajstić information content (AvgIpc) is 2.33. The van der Waals surface area contributed by atoms with E-state index >= 15 is 0 Å². The third kappa shape index (κ3) is 3.72. The summed E-state index contributed by atoms with van der Waals surface area (Å²) in [6, 6.07) is 7.75. The van der Waals surface area contributed by atoms with Crippen LogP contribution in [0.25, 0.3) is 6.08 Å². The van der Waals surface area contributed by atoms with E-state index in [1.807, 2.05) is 43.3 Å². The molecule has 0 saturated carbocycles. The highest BCUT2D eigenvalue weighted by Crippen LogP contribution is 2.24. The number of hydrogen-bond acceptors (Lipinski definition) is 3. The van der Waals surface area contributed by atoms with Gasteiger partial charge in [0.25, 0.3) is 0 Å². The van der Waals surface area contributed by atoms with Gasteiger partial charge in [0.1, 0.15) is 5.60 Å². The maximum absolute atomic E-state index is 12.0. The quantitative estimate of drug-likeness (QED) is 0.782. The van der Waals surface area contributed by atoms with Gasteiger partial charge in [-0.15, -0.1) is 0 Å². The van der Waals surface area contributed by atoms with Crippen LogP contribution in [0.3, 0.4) is 0 Å². The van der Waals surface area contributed by atoms with Crippen LogP contribution in [-0.4, -0.2) is 28.5 Å². The first kappa shape index (κ1) is 15.3. The second-order valence-electron chi connectivity index (χ2n) is 6.23. The number of imide groups is 1. The lowest BCUT2D eigenvalue weighted by atomic mass is 10.00. The second kappa shape index (κ2) is 5.72. The minimum atomic E-state index is -0.600. The first-order valence-corrected chi connectivity index (χ1v) is 7.07. The molecule has 1 aromatic rings. The van der Waals surface area contributed by atoms with Crippen LogP contribution in [0.5, 0.6) is 0 Å². The van der Waals surface area contributed by atoms with Gasteiger partial charge in [0.05, 0.1) is 12.5 Å². The summed E-state index contributed by atoms with van der Waals surface area (Å²) in [6.45, 7) is 7.38. The lowest BCUT2D eigenvalue weighted by molar-refractivity contribution is -0.141. The Kier molecular flexibility index (Phi) is 4.16. The predicted molar refractivity (Wildman–Crippen MR) is 81.7 cm³/mol. The van der Waals surface area contributed by atoms with Gasteiger partial charge in [-0.1, -0.05) is 36.4 Å². The van der Waals surface area contributed by atoms with Crippen LogP contribution in [0.4, 0.5) is 4.79 Å². The van der Waals surface area contributed by atoms with E-state index in [1.165, 1.54) is 4.90 Å². The number of ether oxygens (including phenoxy) is 1. The third-order valence-electron chi connectivity index (χ3n) is 3.26. The summed E-state index contributed by atoms with van der Waals surface area (Å²) in [4.78, 5) is 24.8. The summed E-state index contributed by atoms with van der Waals surface area (Å²) in [5, 5.41) is 0. The monoisotopic (exact) mass is 287 g/mol. The van der Waals surface area contributed by atoms with Crippen LogP contribution >= 0.6 is 0 Å². The van der Waals surface area contributed by atoms with Gasteiger partial charge in [-0.3, -0.25) is 4.79 Å². The second-order valence-corrected chi connectivity index (χ2v) is 6.23. The van der Waals surface area contributed by atoms with E-state index in [0.29, 0.717) is 6.42 Å². The molecule has 1 atom stereocenters. The van der Waals surface area contributed by atoms with Crippen molar-refractivity contribution in [3.63, 3.8) is 0 Å². The van der Waals surface area contributed by atoms with Crippen molar-refractivity contribution in [3.8, 4) is 0 Å². The Balaban J connectivity index is 2.06. The zero-order valence-electron chi connectivity index (χ0n) is 12.9. The Hall–Kier alpha value is -2.10. The Bertz CT molecular complexity index is 584. The molecule has 112 valence electrons. The molecule has 1 fully saturated rings. The summed E-state index contributed by atoms with van der Waals surface area (Å²) < 4.78 is 5.25. The van der Waals surface area contributed by atoms with Crippen LogP contribution in [0.15, 0.2) is 30.3 Å². The molecule has 0 spiro atoms.